The molecule has 0 radical (unpaired) electrons. The monoisotopic (exact) mass is 313 g/mol. The number of hydrazine groups is 1. The van der Waals surface area contributed by atoms with Crippen LogP contribution in [0.5, 0.6) is 0 Å². The van der Waals surface area contributed by atoms with E-state index in [0.717, 1.165) is 0 Å². The Morgan fingerprint density at radius 2 is 1.95 bits per heavy atom. The van der Waals surface area contributed by atoms with Gasteiger partial charge in [0.25, 0.3) is 0 Å². The zero-order valence-electron chi connectivity index (χ0n) is 11.6. The van der Waals surface area contributed by atoms with Crippen LogP contribution in [0.4, 0.5) is 0 Å². The minimum Gasteiger partial charge on any atom is -0.382 e. The number of nitrogens with two attached hydrogens (primary N) is 1. The van der Waals surface area contributed by atoms with E-state index in [4.69, 9.17) is 29.0 Å². The Morgan fingerprint density at radius 3 is 2.45 bits per heavy atom. The van der Waals surface area contributed by atoms with Crippen LogP contribution in [0.3, 0.4) is 0 Å². The summed E-state index contributed by atoms with van der Waals surface area (Å²) in [6.07, 6.45) is 4.96. The van der Waals surface area contributed by atoms with Crippen molar-refractivity contribution in [2.75, 3.05) is 14.1 Å². The highest BCUT2D eigenvalue weighted by Crippen LogP contribution is 2.24. The van der Waals surface area contributed by atoms with Crippen LogP contribution >= 0.6 is 23.2 Å². The van der Waals surface area contributed by atoms with Crippen LogP contribution in [0.2, 0.25) is 10.0 Å². The van der Waals surface area contributed by atoms with Crippen molar-refractivity contribution < 1.29 is 4.79 Å². The van der Waals surface area contributed by atoms with E-state index in [0.29, 0.717) is 21.3 Å². The number of carbonyl (C=O) groups excluding carboxylic acids is 1. The highest BCUT2D eigenvalue weighted by Gasteiger charge is 2.19. The Hall–Kier alpha value is -1.49. The van der Waals surface area contributed by atoms with Gasteiger partial charge >= 0.3 is 0 Å². The van der Waals surface area contributed by atoms with E-state index >= 15 is 0 Å². The molecular formula is C14H17Cl2N3O. The second-order valence-electron chi connectivity index (χ2n) is 4.32. The van der Waals surface area contributed by atoms with Crippen molar-refractivity contribution in [2.24, 2.45) is 5.84 Å². The molecule has 0 aliphatic heterocycles. The van der Waals surface area contributed by atoms with Crippen molar-refractivity contribution in [1.82, 2.24) is 9.91 Å². The van der Waals surface area contributed by atoms with E-state index in [-0.39, 0.29) is 5.78 Å². The van der Waals surface area contributed by atoms with E-state index in [9.17, 15) is 4.79 Å². The molecule has 0 saturated carbocycles. The lowest BCUT2D eigenvalue weighted by Gasteiger charge is -2.19. The summed E-state index contributed by atoms with van der Waals surface area (Å²) in [4.78, 5) is 14.3. The molecule has 0 unspecified atom stereocenters. The largest absolute Gasteiger partial charge is 0.382 e. The summed E-state index contributed by atoms with van der Waals surface area (Å²) in [5.74, 6) is 5.58. The van der Waals surface area contributed by atoms with Gasteiger partial charge in [-0.25, -0.2) is 5.84 Å². The molecule has 20 heavy (non-hydrogen) atoms. The average molecular weight is 314 g/mol. The van der Waals surface area contributed by atoms with Gasteiger partial charge < -0.3 is 4.90 Å². The van der Waals surface area contributed by atoms with E-state index < -0.39 is 0 Å². The number of ketones is 1. The molecule has 4 nitrogen and oxygen atoms in total. The van der Waals surface area contributed by atoms with Gasteiger partial charge in [-0.1, -0.05) is 29.3 Å². The summed E-state index contributed by atoms with van der Waals surface area (Å²) in [7, 11) is 3.61. The van der Waals surface area contributed by atoms with Crippen LogP contribution in [0.15, 0.2) is 42.4 Å². The fourth-order valence-corrected chi connectivity index (χ4v) is 2.03. The molecule has 108 valence electrons. The average Bonchev–Trinajstić information content (AvgIpc) is 2.35. The second-order valence-corrected chi connectivity index (χ2v) is 5.16. The van der Waals surface area contributed by atoms with Crippen molar-refractivity contribution >= 4 is 29.0 Å². The summed E-state index contributed by atoms with van der Waals surface area (Å²) in [5.41, 5.74) is 0.654. The van der Waals surface area contributed by atoms with E-state index in [1.54, 1.807) is 49.6 Å². The molecule has 0 aliphatic carbocycles. The van der Waals surface area contributed by atoms with Crippen LogP contribution in [0.1, 0.15) is 17.3 Å². The molecule has 0 aromatic heterocycles. The number of benzene rings is 1. The number of carbonyl (C=O) groups is 1. The van der Waals surface area contributed by atoms with Crippen LogP contribution in [0.25, 0.3) is 0 Å². The third kappa shape index (κ3) is 4.27. The number of nitrogens with zero attached hydrogens (tertiary/aromatic N) is 2. The fraction of sp³-hybridized carbons (Fsp3) is 0.214. The molecule has 0 spiro atoms. The lowest BCUT2D eigenvalue weighted by Crippen LogP contribution is -2.30. The first-order chi connectivity index (χ1) is 9.36. The first-order valence-electron chi connectivity index (χ1n) is 5.91. The van der Waals surface area contributed by atoms with Gasteiger partial charge in [-0.15, -0.1) is 0 Å². The van der Waals surface area contributed by atoms with Crippen molar-refractivity contribution in [1.29, 1.82) is 0 Å². The molecule has 0 amide bonds. The van der Waals surface area contributed by atoms with Gasteiger partial charge in [0.15, 0.2) is 0 Å². The minimum atomic E-state index is -0.277. The Labute approximate surface area is 129 Å². The van der Waals surface area contributed by atoms with Gasteiger partial charge in [-0.2, -0.15) is 0 Å². The zero-order valence-corrected chi connectivity index (χ0v) is 13.1. The summed E-state index contributed by atoms with van der Waals surface area (Å²) in [6, 6.07) is 4.73. The Kier molecular flexibility index (Phi) is 6.07. The Morgan fingerprint density at radius 1 is 1.30 bits per heavy atom. The molecule has 0 bridgehead atoms. The van der Waals surface area contributed by atoms with Gasteiger partial charge in [0, 0.05) is 37.1 Å². The standard InChI is InChI=1S/C14H17Cl2N3O/c1-4-7-19(17)13(9-18(2)3)14(20)11-6-5-10(15)8-12(11)16/h4-9H,17H2,1-3H3/b7-4-,13-9+. The third-order valence-corrected chi connectivity index (χ3v) is 2.92. The molecule has 0 fully saturated rings. The van der Waals surface area contributed by atoms with Gasteiger partial charge in [0.05, 0.1) is 5.02 Å². The van der Waals surface area contributed by atoms with E-state index in [2.05, 4.69) is 0 Å². The van der Waals surface area contributed by atoms with Gasteiger partial charge in [0.1, 0.15) is 5.70 Å². The smallest absolute Gasteiger partial charge is 0.213 e. The molecule has 0 saturated heterocycles. The maximum Gasteiger partial charge on any atom is 0.213 e. The molecule has 2 N–H and O–H groups in total. The molecule has 0 aliphatic rings. The number of Topliss-reactive ketones (excluding diaryl/α,β-unsaturated/α-hetero) is 1. The second kappa shape index (κ2) is 7.33. The highest BCUT2D eigenvalue weighted by molar-refractivity contribution is 6.37. The van der Waals surface area contributed by atoms with Crippen LogP contribution in [-0.4, -0.2) is 29.8 Å². The number of hydrogen-bond acceptors (Lipinski definition) is 4. The predicted octanol–water partition coefficient (Wildman–Crippen LogP) is 3.29. The molecule has 1 aromatic carbocycles. The van der Waals surface area contributed by atoms with Crippen LogP contribution < -0.4 is 5.84 Å². The van der Waals surface area contributed by atoms with E-state index in [1.807, 2.05) is 6.92 Å². The normalized spacial score (nSPS) is 11.8. The SMILES string of the molecule is C/C=C\N(N)/C(=C/N(C)C)C(=O)c1ccc(Cl)cc1Cl. The number of allylic oxidation sites excluding steroid dienone is 2. The fourth-order valence-electron chi connectivity index (χ4n) is 1.54. The van der Waals surface area contributed by atoms with Crippen molar-refractivity contribution in [2.45, 2.75) is 6.92 Å². The van der Waals surface area contributed by atoms with Crippen LogP contribution in [0, 0.1) is 0 Å². The summed E-state index contributed by atoms with van der Waals surface area (Å²) < 4.78 is 0. The minimum absolute atomic E-state index is 0.277. The van der Waals surface area contributed by atoms with E-state index in [1.165, 1.54) is 11.1 Å². The summed E-state index contributed by atoms with van der Waals surface area (Å²) >= 11 is 11.9. The maximum atomic E-state index is 12.6. The topological polar surface area (TPSA) is 49.6 Å². The van der Waals surface area contributed by atoms with Gasteiger partial charge in [0.2, 0.25) is 5.78 Å². The first-order valence-corrected chi connectivity index (χ1v) is 6.67. The Bertz CT molecular complexity index is 553. The maximum absolute atomic E-state index is 12.6. The quantitative estimate of drug-likeness (QED) is 0.392. The third-order valence-electron chi connectivity index (χ3n) is 2.38. The first kappa shape index (κ1) is 16.6. The molecule has 0 atom stereocenters. The molecule has 1 rings (SSSR count). The molecule has 6 heteroatoms. The lowest BCUT2D eigenvalue weighted by atomic mass is 10.1. The van der Waals surface area contributed by atoms with Crippen molar-refractivity contribution in [3.8, 4) is 0 Å². The predicted molar refractivity (Wildman–Crippen MR) is 83.4 cm³/mol. The molecule has 1 aromatic rings. The van der Waals surface area contributed by atoms with Crippen LogP contribution in [-0.2, 0) is 0 Å². The summed E-state index contributed by atoms with van der Waals surface area (Å²) in [5, 5.41) is 2.02. The van der Waals surface area contributed by atoms with Crippen molar-refractivity contribution in [3.05, 3.63) is 58.0 Å². The number of rotatable bonds is 5. The molecule has 0 heterocycles. The van der Waals surface area contributed by atoms with Gasteiger partial charge in [-0.3, -0.25) is 9.80 Å². The number of halogens is 2. The number of hydrogen-bond donors (Lipinski definition) is 1. The van der Waals surface area contributed by atoms with Crippen molar-refractivity contribution in [3.63, 3.8) is 0 Å². The highest BCUT2D eigenvalue weighted by atomic mass is 35.5. The molecular weight excluding hydrogens is 297 g/mol. The Balaban J connectivity index is 3.23. The zero-order chi connectivity index (χ0) is 15.3. The summed E-state index contributed by atoms with van der Waals surface area (Å²) in [6.45, 7) is 1.81. The van der Waals surface area contributed by atoms with Gasteiger partial charge in [-0.05, 0) is 25.1 Å². The lowest BCUT2D eigenvalue weighted by molar-refractivity contribution is 0.100.